The molecule has 326 valence electrons. The van der Waals surface area contributed by atoms with Crippen molar-refractivity contribution in [1.82, 2.24) is 20.4 Å². The number of aromatic nitrogens is 4. The summed E-state index contributed by atoms with van der Waals surface area (Å²) in [4.78, 5) is 18.7. The molecule has 2 aromatic heterocycles. The van der Waals surface area contributed by atoms with Gasteiger partial charge in [-0.3, -0.25) is 4.79 Å². The van der Waals surface area contributed by atoms with Crippen molar-refractivity contribution < 1.29 is 27.8 Å². The van der Waals surface area contributed by atoms with Gasteiger partial charge >= 0.3 is 5.97 Å². The first kappa shape index (κ1) is 49.2. The van der Waals surface area contributed by atoms with E-state index in [-0.39, 0.29) is 24.2 Å². The number of benzene rings is 4. The number of nitrogens with zero attached hydrogens (tertiary/aromatic N) is 8. The van der Waals surface area contributed by atoms with E-state index in [0.29, 0.717) is 57.8 Å². The molecular formula is C46H45Cl3N8O6. The van der Waals surface area contributed by atoms with Crippen molar-refractivity contribution in [3.8, 4) is 22.9 Å². The Bertz CT molecular complexity index is 2550. The molecule has 0 saturated carbocycles. The Morgan fingerprint density at radius 3 is 1.63 bits per heavy atom. The molecule has 0 saturated heterocycles. The molecule has 4 atom stereocenters. The second-order valence-electron chi connectivity index (χ2n) is 13.8. The maximum atomic E-state index is 11.9. The number of hydrogen-bond donors (Lipinski definition) is 1. The zero-order valence-electron chi connectivity index (χ0n) is 35.4. The van der Waals surface area contributed by atoms with Crippen LogP contribution in [0.5, 0.6) is 0 Å². The average Bonchev–Trinajstić information content (AvgIpc) is 4.00. The quantitative estimate of drug-likeness (QED) is 0.0365. The van der Waals surface area contributed by atoms with Crippen LogP contribution in [-0.4, -0.2) is 56.3 Å². The van der Waals surface area contributed by atoms with E-state index < -0.39 is 12.2 Å². The van der Waals surface area contributed by atoms with E-state index in [4.69, 9.17) is 61.8 Å². The first-order valence-electron chi connectivity index (χ1n) is 19.6. The van der Waals surface area contributed by atoms with Crippen LogP contribution >= 0.6 is 35.1 Å². The fourth-order valence-electron chi connectivity index (χ4n) is 6.08. The van der Waals surface area contributed by atoms with E-state index in [1.165, 1.54) is 6.21 Å². The molecule has 0 aliphatic carbocycles. The number of hydrogen-bond acceptors (Lipinski definition) is 12. The molecule has 0 aliphatic heterocycles. The van der Waals surface area contributed by atoms with Crippen molar-refractivity contribution in [2.45, 2.75) is 84.8 Å². The van der Waals surface area contributed by atoms with Crippen molar-refractivity contribution in [2.75, 3.05) is 0 Å². The van der Waals surface area contributed by atoms with Gasteiger partial charge in [0.15, 0.2) is 0 Å². The van der Waals surface area contributed by atoms with Crippen LogP contribution in [-0.2, 0) is 26.7 Å². The van der Waals surface area contributed by atoms with E-state index in [1.54, 1.807) is 32.9 Å². The number of esters is 1. The molecule has 14 nitrogen and oxygen atoms in total. The zero-order chi connectivity index (χ0) is 45.9. The molecule has 6 aromatic rings. The van der Waals surface area contributed by atoms with Crippen LogP contribution in [0.15, 0.2) is 104 Å². The second-order valence-corrected chi connectivity index (χ2v) is 14.7. The maximum Gasteiger partial charge on any atom is 0.305 e. The number of aliphatic hydroxyl groups excluding tert-OH is 1. The van der Waals surface area contributed by atoms with Crippen LogP contribution in [0.2, 0.25) is 10.0 Å². The number of aliphatic hydroxyl groups is 1. The minimum atomic E-state index is -0.683. The lowest BCUT2D eigenvalue weighted by Gasteiger charge is -2.22. The standard InChI is InChI=1S/C23H22ClN3O3.C20H18ClN3O2.C3H5ClN2O/c1-5-20(28)29-15(3)18(13-17-11-12-19(25-4)21(24)14(17)2)23-27-26-22(30-23)16-9-7-6-8-10-16;1-12-15(9-10-17(22-3)18(12)21)11-16(13(2)25)20-24-23-19(26-20)14-7-5-4-6-8-14;1-2-5-6-3-7-4/h6-12,15,18H,5,13H2,1-3H3;4-10,13,16,25H,11H2,1-2H3;2-3H,1H3/b;;5-2+,6-3+/t15-,18+;13-,16+;/m00./s1. The second kappa shape index (κ2) is 24.9. The van der Waals surface area contributed by atoms with Gasteiger partial charge in [-0.1, -0.05) is 90.8 Å². The summed E-state index contributed by atoms with van der Waals surface area (Å²) in [5.41, 5.74) is 5.98. The van der Waals surface area contributed by atoms with Crippen molar-refractivity contribution in [3.05, 3.63) is 152 Å². The normalized spacial score (nSPS) is 12.8. The molecule has 4 aromatic carbocycles. The van der Waals surface area contributed by atoms with Gasteiger partial charge in [0.1, 0.15) is 18.0 Å². The predicted octanol–water partition coefficient (Wildman–Crippen LogP) is 12.1. The Morgan fingerprint density at radius 1 is 0.762 bits per heavy atom. The molecule has 0 radical (unpaired) electrons. The summed E-state index contributed by atoms with van der Waals surface area (Å²) in [5, 5.41) is 34.5. The van der Waals surface area contributed by atoms with Crippen LogP contribution in [0, 0.1) is 27.0 Å². The van der Waals surface area contributed by atoms with Gasteiger partial charge in [0.05, 0.1) is 41.1 Å². The highest BCUT2D eigenvalue weighted by molar-refractivity contribution is 6.34. The Kier molecular flexibility index (Phi) is 19.4. The highest BCUT2D eigenvalue weighted by atomic mass is 35.5. The zero-order valence-corrected chi connectivity index (χ0v) is 37.6. The Balaban J connectivity index is 0.000000242. The first-order valence-corrected chi connectivity index (χ1v) is 20.7. The summed E-state index contributed by atoms with van der Waals surface area (Å²) < 4.78 is 21.3. The SMILES string of the molecule is C/C=N/N=C/OCl.[C-]#[N+]c1ccc(C[C@@H](c2nnc(-c3ccccc3)o2)[C@H](C)O)c(C)c1Cl.[C-]#[N+]c1ccc(C[C@@H](c2nnc(-c3ccccc3)o2)[C@H](C)OC(=O)CC)c(C)c1Cl. The monoisotopic (exact) mass is 910 g/mol. The number of rotatable bonds is 14. The molecule has 0 amide bonds. The minimum Gasteiger partial charge on any atom is -0.462 e. The van der Waals surface area contributed by atoms with Crippen molar-refractivity contribution in [1.29, 1.82) is 0 Å². The lowest BCUT2D eigenvalue weighted by Crippen LogP contribution is -2.24. The molecular weight excluding hydrogens is 867 g/mol. The van der Waals surface area contributed by atoms with Gasteiger partial charge in [0, 0.05) is 23.8 Å². The third kappa shape index (κ3) is 13.8. The summed E-state index contributed by atoms with van der Waals surface area (Å²) >= 11 is 17.3. The maximum absolute atomic E-state index is 11.9. The molecule has 1 N–H and O–H groups in total. The summed E-state index contributed by atoms with van der Waals surface area (Å²) in [7, 11) is 0. The molecule has 0 unspecified atom stereocenters. The fourth-order valence-corrected chi connectivity index (χ4v) is 6.57. The number of carbonyl (C=O) groups excluding carboxylic acids is 1. The van der Waals surface area contributed by atoms with E-state index in [1.807, 2.05) is 93.6 Å². The van der Waals surface area contributed by atoms with E-state index >= 15 is 0 Å². The minimum absolute atomic E-state index is 0.278. The number of ether oxygens (including phenoxy) is 1. The summed E-state index contributed by atoms with van der Waals surface area (Å²) in [6.45, 7) is 25.1. The van der Waals surface area contributed by atoms with Crippen LogP contribution in [0.1, 0.15) is 80.0 Å². The van der Waals surface area contributed by atoms with Gasteiger partial charge in [-0.2, -0.15) is 5.10 Å². The summed E-state index contributed by atoms with van der Waals surface area (Å²) in [6.07, 6.45) is 2.61. The van der Waals surface area contributed by atoms with E-state index in [9.17, 15) is 9.90 Å². The molecule has 17 heteroatoms. The Morgan fingerprint density at radius 2 is 1.22 bits per heavy atom. The van der Waals surface area contributed by atoms with Gasteiger partial charge < -0.3 is 23.0 Å². The van der Waals surface area contributed by atoms with Gasteiger partial charge in [-0.15, -0.1) is 25.5 Å². The van der Waals surface area contributed by atoms with Crippen LogP contribution in [0.3, 0.4) is 0 Å². The lowest BCUT2D eigenvalue weighted by molar-refractivity contribution is -0.149. The fraction of sp³-hybridized carbons (Fsp3) is 0.283. The molecule has 0 bridgehead atoms. The largest absolute Gasteiger partial charge is 0.462 e. The molecule has 0 fully saturated rings. The first-order chi connectivity index (χ1) is 30.4. The van der Waals surface area contributed by atoms with Crippen molar-refractivity contribution in [2.24, 2.45) is 10.2 Å². The van der Waals surface area contributed by atoms with E-state index in [0.717, 1.165) is 39.8 Å². The van der Waals surface area contributed by atoms with E-state index in [2.05, 4.69) is 44.6 Å². The van der Waals surface area contributed by atoms with Crippen LogP contribution in [0.25, 0.3) is 32.6 Å². The van der Waals surface area contributed by atoms with Crippen molar-refractivity contribution >= 4 is 65.0 Å². The number of halogens is 3. The molecule has 2 heterocycles. The Labute approximate surface area is 381 Å². The summed E-state index contributed by atoms with van der Waals surface area (Å²) in [6, 6.07) is 26.1. The molecule has 0 aliphatic rings. The van der Waals surface area contributed by atoms with Crippen LogP contribution in [0.4, 0.5) is 11.4 Å². The molecule has 0 spiro atoms. The number of carbonyl (C=O) groups is 1. The van der Waals surface area contributed by atoms with Gasteiger partial charge in [0.25, 0.3) is 0 Å². The smallest absolute Gasteiger partial charge is 0.305 e. The van der Waals surface area contributed by atoms with Crippen molar-refractivity contribution in [3.63, 3.8) is 0 Å². The third-order valence-corrected chi connectivity index (χ3v) is 10.7. The topological polar surface area (TPSA) is 167 Å². The average molecular weight is 912 g/mol. The summed E-state index contributed by atoms with van der Waals surface area (Å²) in [5.74, 6) is 0.562. The molecule has 6 rings (SSSR count). The van der Waals surface area contributed by atoms with Gasteiger partial charge in [-0.25, -0.2) is 9.69 Å². The van der Waals surface area contributed by atoms with Crippen LogP contribution < -0.4 is 0 Å². The Hall–Kier alpha value is -6.42. The highest BCUT2D eigenvalue weighted by Gasteiger charge is 2.30. The lowest BCUT2D eigenvalue weighted by atomic mass is 9.92. The predicted molar refractivity (Wildman–Crippen MR) is 244 cm³/mol. The third-order valence-electron chi connectivity index (χ3n) is 9.66. The highest BCUT2D eigenvalue weighted by Crippen LogP contribution is 2.36. The van der Waals surface area contributed by atoms with Gasteiger partial charge in [0.2, 0.25) is 41.3 Å². The van der Waals surface area contributed by atoms with Gasteiger partial charge in [-0.05, 0) is 94.0 Å². The molecule has 63 heavy (non-hydrogen) atoms.